The summed E-state index contributed by atoms with van der Waals surface area (Å²) in [5, 5.41) is 6.01. The van der Waals surface area contributed by atoms with Crippen LogP contribution in [0.3, 0.4) is 0 Å². The summed E-state index contributed by atoms with van der Waals surface area (Å²) in [4.78, 5) is 26.8. The lowest BCUT2D eigenvalue weighted by atomic mass is 10.1. The Morgan fingerprint density at radius 3 is 2.43 bits per heavy atom. The van der Waals surface area contributed by atoms with Gasteiger partial charge in [0.25, 0.3) is 5.91 Å². The molecule has 0 spiro atoms. The summed E-state index contributed by atoms with van der Waals surface area (Å²) in [5.41, 5.74) is 5.92. The number of rotatable bonds is 6. The first-order valence-electron chi connectivity index (χ1n) is 10.2. The summed E-state index contributed by atoms with van der Waals surface area (Å²) in [7, 11) is 0. The van der Waals surface area contributed by atoms with Gasteiger partial charge in [-0.3, -0.25) is 9.59 Å². The molecule has 0 bridgehead atoms. The summed E-state index contributed by atoms with van der Waals surface area (Å²) in [6, 6.07) is 23.4. The number of fused-ring (bicyclic) bond motifs is 1. The van der Waals surface area contributed by atoms with Crippen molar-refractivity contribution in [3.63, 3.8) is 0 Å². The SMILES string of the molecule is Cc1ccc(CNC(=O)CNc2ccc(C(=O)N3CCc4ccccc43)cc2)cc1. The second-order valence-electron chi connectivity index (χ2n) is 7.53. The van der Waals surface area contributed by atoms with Crippen LogP contribution in [0.1, 0.15) is 27.0 Å². The highest BCUT2D eigenvalue weighted by molar-refractivity contribution is 6.07. The molecule has 0 radical (unpaired) electrons. The fourth-order valence-electron chi connectivity index (χ4n) is 3.59. The van der Waals surface area contributed by atoms with Crippen LogP contribution in [0, 0.1) is 6.92 Å². The first-order chi connectivity index (χ1) is 14.6. The van der Waals surface area contributed by atoms with Crippen molar-refractivity contribution >= 4 is 23.2 Å². The molecule has 3 aromatic carbocycles. The maximum atomic E-state index is 12.9. The zero-order chi connectivity index (χ0) is 20.9. The van der Waals surface area contributed by atoms with E-state index in [2.05, 4.69) is 16.7 Å². The zero-order valence-corrected chi connectivity index (χ0v) is 17.0. The van der Waals surface area contributed by atoms with E-state index in [1.165, 1.54) is 11.1 Å². The number of hydrogen-bond donors (Lipinski definition) is 2. The number of nitrogens with zero attached hydrogens (tertiary/aromatic N) is 1. The molecule has 0 aromatic heterocycles. The largest absolute Gasteiger partial charge is 0.376 e. The van der Waals surface area contributed by atoms with E-state index < -0.39 is 0 Å². The Balaban J connectivity index is 1.29. The highest BCUT2D eigenvalue weighted by Gasteiger charge is 2.24. The van der Waals surface area contributed by atoms with E-state index in [1.54, 1.807) is 12.1 Å². The summed E-state index contributed by atoms with van der Waals surface area (Å²) >= 11 is 0. The van der Waals surface area contributed by atoms with Gasteiger partial charge in [-0.25, -0.2) is 0 Å². The lowest BCUT2D eigenvalue weighted by molar-refractivity contribution is -0.119. The first-order valence-corrected chi connectivity index (χ1v) is 10.2. The minimum absolute atomic E-state index is 0.00217. The van der Waals surface area contributed by atoms with Gasteiger partial charge in [-0.1, -0.05) is 48.0 Å². The Labute approximate surface area is 176 Å². The normalized spacial score (nSPS) is 12.4. The molecule has 30 heavy (non-hydrogen) atoms. The molecule has 0 saturated carbocycles. The highest BCUT2D eigenvalue weighted by atomic mass is 16.2. The second-order valence-corrected chi connectivity index (χ2v) is 7.53. The van der Waals surface area contributed by atoms with Crippen LogP contribution in [0.15, 0.2) is 72.8 Å². The smallest absolute Gasteiger partial charge is 0.258 e. The second kappa shape index (κ2) is 8.82. The third kappa shape index (κ3) is 4.51. The summed E-state index contributed by atoms with van der Waals surface area (Å²) in [5.74, 6) is -0.0771. The van der Waals surface area contributed by atoms with Crippen molar-refractivity contribution in [1.82, 2.24) is 5.32 Å². The van der Waals surface area contributed by atoms with Crippen LogP contribution in [0.25, 0.3) is 0 Å². The number of benzene rings is 3. The van der Waals surface area contributed by atoms with Crippen molar-refractivity contribution in [1.29, 1.82) is 0 Å². The molecule has 0 saturated heterocycles. The average molecular weight is 399 g/mol. The Morgan fingerprint density at radius 1 is 0.933 bits per heavy atom. The quantitative estimate of drug-likeness (QED) is 0.660. The summed E-state index contributed by atoms with van der Waals surface area (Å²) in [6.07, 6.45) is 0.888. The highest BCUT2D eigenvalue weighted by Crippen LogP contribution is 2.29. The lowest BCUT2D eigenvalue weighted by Crippen LogP contribution is -2.29. The maximum absolute atomic E-state index is 12.9. The molecule has 2 N–H and O–H groups in total. The van der Waals surface area contributed by atoms with Gasteiger partial charge in [0.1, 0.15) is 0 Å². The number of carbonyl (C=O) groups is 2. The zero-order valence-electron chi connectivity index (χ0n) is 17.0. The number of para-hydroxylation sites is 1. The van der Waals surface area contributed by atoms with Crippen molar-refractivity contribution in [2.45, 2.75) is 19.9 Å². The molecule has 152 valence electrons. The minimum Gasteiger partial charge on any atom is -0.376 e. The third-order valence-corrected chi connectivity index (χ3v) is 5.33. The molecule has 5 nitrogen and oxygen atoms in total. The van der Waals surface area contributed by atoms with Crippen LogP contribution in [0.2, 0.25) is 0 Å². The van der Waals surface area contributed by atoms with Crippen molar-refractivity contribution in [2.75, 3.05) is 23.3 Å². The van der Waals surface area contributed by atoms with E-state index in [0.29, 0.717) is 18.7 Å². The van der Waals surface area contributed by atoms with Crippen LogP contribution in [0.5, 0.6) is 0 Å². The molecule has 5 heteroatoms. The molecule has 2 amide bonds. The number of hydrogen-bond acceptors (Lipinski definition) is 3. The molecular formula is C25H25N3O2. The summed E-state index contributed by atoms with van der Waals surface area (Å²) in [6.45, 7) is 3.43. The van der Waals surface area contributed by atoms with Gasteiger partial charge in [0.15, 0.2) is 0 Å². The van der Waals surface area contributed by atoms with Crippen molar-refractivity contribution < 1.29 is 9.59 Å². The van der Waals surface area contributed by atoms with Gasteiger partial charge in [-0.15, -0.1) is 0 Å². The van der Waals surface area contributed by atoms with Gasteiger partial charge in [0.05, 0.1) is 6.54 Å². The van der Waals surface area contributed by atoms with Gasteiger partial charge in [0, 0.05) is 30.0 Å². The Kier molecular flexibility index (Phi) is 5.80. The van der Waals surface area contributed by atoms with E-state index in [4.69, 9.17) is 0 Å². The predicted octanol–water partition coefficient (Wildman–Crippen LogP) is 3.93. The molecule has 4 rings (SSSR count). The molecule has 0 atom stereocenters. The molecule has 0 unspecified atom stereocenters. The van der Waals surface area contributed by atoms with E-state index in [1.807, 2.05) is 66.4 Å². The molecule has 0 fully saturated rings. The van der Waals surface area contributed by atoms with Crippen LogP contribution in [-0.2, 0) is 17.8 Å². The minimum atomic E-state index is -0.0793. The van der Waals surface area contributed by atoms with Crippen molar-refractivity contribution in [2.24, 2.45) is 0 Å². The fraction of sp³-hybridized carbons (Fsp3) is 0.200. The van der Waals surface area contributed by atoms with E-state index in [0.717, 1.165) is 23.4 Å². The molecule has 0 aliphatic carbocycles. The van der Waals surface area contributed by atoms with Gasteiger partial charge >= 0.3 is 0 Å². The van der Waals surface area contributed by atoms with Crippen LogP contribution < -0.4 is 15.5 Å². The standard InChI is InChI=1S/C25H25N3O2/c1-18-6-8-19(9-7-18)16-27-24(29)17-26-22-12-10-21(11-13-22)25(30)28-15-14-20-4-2-3-5-23(20)28/h2-13,26H,14-17H2,1H3,(H,27,29). The Bertz CT molecular complexity index is 1040. The number of amides is 2. The number of nitrogens with one attached hydrogen (secondary N) is 2. The Hall–Kier alpha value is -3.60. The molecular weight excluding hydrogens is 374 g/mol. The lowest BCUT2D eigenvalue weighted by Gasteiger charge is -2.17. The average Bonchev–Trinajstić information content (AvgIpc) is 3.21. The van der Waals surface area contributed by atoms with E-state index >= 15 is 0 Å². The molecule has 1 aliphatic rings. The van der Waals surface area contributed by atoms with Gasteiger partial charge in [-0.05, 0) is 54.8 Å². The van der Waals surface area contributed by atoms with Gasteiger partial charge in [-0.2, -0.15) is 0 Å². The predicted molar refractivity (Wildman–Crippen MR) is 120 cm³/mol. The molecule has 3 aromatic rings. The number of carbonyl (C=O) groups excluding carboxylic acids is 2. The molecule has 1 heterocycles. The van der Waals surface area contributed by atoms with E-state index in [-0.39, 0.29) is 18.4 Å². The molecule has 1 aliphatic heterocycles. The Morgan fingerprint density at radius 2 is 1.67 bits per heavy atom. The van der Waals surface area contributed by atoms with Crippen LogP contribution in [0.4, 0.5) is 11.4 Å². The van der Waals surface area contributed by atoms with Crippen molar-refractivity contribution in [3.05, 3.63) is 95.1 Å². The van der Waals surface area contributed by atoms with Gasteiger partial charge < -0.3 is 15.5 Å². The number of anilines is 2. The van der Waals surface area contributed by atoms with Crippen molar-refractivity contribution in [3.8, 4) is 0 Å². The maximum Gasteiger partial charge on any atom is 0.258 e. The van der Waals surface area contributed by atoms with E-state index in [9.17, 15) is 9.59 Å². The monoisotopic (exact) mass is 399 g/mol. The van der Waals surface area contributed by atoms with Gasteiger partial charge in [0.2, 0.25) is 5.91 Å². The van der Waals surface area contributed by atoms with Crippen LogP contribution in [-0.4, -0.2) is 24.9 Å². The first kappa shape index (κ1) is 19.7. The summed E-state index contributed by atoms with van der Waals surface area (Å²) < 4.78 is 0. The fourth-order valence-corrected chi connectivity index (χ4v) is 3.59. The van der Waals surface area contributed by atoms with Crippen LogP contribution >= 0.6 is 0 Å². The topological polar surface area (TPSA) is 61.4 Å². The third-order valence-electron chi connectivity index (χ3n) is 5.33. The number of aryl methyl sites for hydroxylation is 1.